The summed E-state index contributed by atoms with van der Waals surface area (Å²) in [6.45, 7) is 6.90. The van der Waals surface area contributed by atoms with Crippen molar-refractivity contribution in [2.24, 2.45) is 0 Å². The highest BCUT2D eigenvalue weighted by Gasteiger charge is 2.17. The van der Waals surface area contributed by atoms with E-state index in [1.807, 2.05) is 57.3 Å². The molecule has 1 atom stereocenters. The van der Waals surface area contributed by atoms with Gasteiger partial charge >= 0.3 is 5.97 Å². The molecule has 8 nitrogen and oxygen atoms in total. The Hall–Kier alpha value is -4.12. The molecule has 2 heterocycles. The number of hydrogen-bond acceptors (Lipinski definition) is 7. The molecule has 2 aromatic carbocycles. The molecule has 180 valence electrons. The summed E-state index contributed by atoms with van der Waals surface area (Å²) >= 11 is 0. The Morgan fingerprint density at radius 1 is 1.23 bits per heavy atom. The minimum absolute atomic E-state index is 0.0147. The molecule has 2 aromatic heterocycles. The summed E-state index contributed by atoms with van der Waals surface area (Å²) in [4.78, 5) is 16.2. The van der Waals surface area contributed by atoms with E-state index in [1.165, 1.54) is 0 Å². The molecule has 0 aliphatic rings. The van der Waals surface area contributed by atoms with E-state index >= 15 is 0 Å². The number of rotatable bonds is 10. The lowest BCUT2D eigenvalue weighted by atomic mass is 10.1. The summed E-state index contributed by atoms with van der Waals surface area (Å²) in [5, 5.41) is 14.8. The molecule has 0 spiro atoms. The summed E-state index contributed by atoms with van der Waals surface area (Å²) < 4.78 is 18.5. The first-order chi connectivity index (χ1) is 17.0. The van der Waals surface area contributed by atoms with Crippen LogP contribution in [0.5, 0.6) is 5.75 Å². The van der Waals surface area contributed by atoms with Crippen molar-refractivity contribution in [3.05, 3.63) is 54.2 Å². The van der Waals surface area contributed by atoms with Gasteiger partial charge in [0.15, 0.2) is 0 Å². The van der Waals surface area contributed by atoms with Crippen LogP contribution >= 0.6 is 0 Å². The highest BCUT2D eigenvalue weighted by Crippen LogP contribution is 2.31. The number of nitriles is 1. The number of carbonyl (C=O) groups is 1. The number of fused-ring (bicyclic) bond motifs is 1. The Balaban J connectivity index is 1.56. The number of carbonyl (C=O) groups excluding carboxylic acids is 1. The third-order valence-electron chi connectivity index (χ3n) is 5.82. The van der Waals surface area contributed by atoms with Crippen LogP contribution in [0.25, 0.3) is 33.7 Å². The van der Waals surface area contributed by atoms with Crippen LogP contribution < -0.4 is 4.74 Å². The van der Waals surface area contributed by atoms with E-state index in [4.69, 9.17) is 14.0 Å². The molecule has 0 radical (unpaired) electrons. The van der Waals surface area contributed by atoms with Gasteiger partial charge in [0.25, 0.3) is 5.89 Å². The molecule has 4 aromatic rings. The minimum Gasteiger partial charge on any atom is -0.489 e. The second kappa shape index (κ2) is 10.9. The second-order valence-corrected chi connectivity index (χ2v) is 8.24. The minimum atomic E-state index is -0.178. The fourth-order valence-corrected chi connectivity index (χ4v) is 3.84. The molecule has 0 unspecified atom stereocenters. The van der Waals surface area contributed by atoms with Crippen LogP contribution in [-0.4, -0.2) is 33.4 Å². The highest BCUT2D eigenvalue weighted by molar-refractivity contribution is 5.94. The predicted molar refractivity (Wildman–Crippen MR) is 132 cm³/mol. The Kier molecular flexibility index (Phi) is 7.46. The Morgan fingerprint density at radius 2 is 2.09 bits per heavy atom. The molecular weight excluding hydrogens is 444 g/mol. The molecule has 0 bridgehead atoms. The lowest BCUT2D eigenvalue weighted by Gasteiger charge is -2.13. The zero-order valence-electron chi connectivity index (χ0n) is 20.2. The maximum Gasteiger partial charge on any atom is 0.305 e. The van der Waals surface area contributed by atoms with Crippen molar-refractivity contribution >= 4 is 16.9 Å². The van der Waals surface area contributed by atoms with Crippen molar-refractivity contribution in [1.82, 2.24) is 14.7 Å². The van der Waals surface area contributed by atoms with Crippen LogP contribution in [0.4, 0.5) is 0 Å². The van der Waals surface area contributed by atoms with Gasteiger partial charge in [-0.1, -0.05) is 24.2 Å². The lowest BCUT2D eigenvalue weighted by Crippen LogP contribution is -2.10. The van der Waals surface area contributed by atoms with Gasteiger partial charge in [-0.2, -0.15) is 10.2 Å². The fraction of sp³-hybridized carbons (Fsp3) is 0.333. The van der Waals surface area contributed by atoms with E-state index in [0.717, 1.165) is 22.9 Å². The van der Waals surface area contributed by atoms with Crippen molar-refractivity contribution < 1.29 is 18.8 Å². The standard InChI is InChI=1S/C27H28N4O4/c1-4-18(3)34-24-12-11-19(16-20(24)17-28)27-29-26(30-35-27)22-8-6-9-23-21(22)13-15-31(23)14-7-10-25(32)33-5-2/h6,8-9,11-13,15-16,18H,4-5,7,10,14H2,1-3H3/t18-/m0/s1. The van der Waals surface area contributed by atoms with Gasteiger partial charge in [0.2, 0.25) is 5.82 Å². The largest absolute Gasteiger partial charge is 0.489 e. The van der Waals surface area contributed by atoms with Gasteiger partial charge < -0.3 is 18.6 Å². The number of nitrogens with zero attached hydrogens (tertiary/aromatic N) is 4. The number of benzene rings is 2. The second-order valence-electron chi connectivity index (χ2n) is 8.24. The third-order valence-corrected chi connectivity index (χ3v) is 5.82. The van der Waals surface area contributed by atoms with Crippen molar-refractivity contribution in [1.29, 1.82) is 5.26 Å². The van der Waals surface area contributed by atoms with Crippen LogP contribution in [-0.2, 0) is 16.1 Å². The topological polar surface area (TPSA) is 103 Å². The number of ether oxygens (including phenoxy) is 2. The maximum absolute atomic E-state index is 11.6. The quantitative estimate of drug-likeness (QED) is 0.271. The monoisotopic (exact) mass is 472 g/mol. The number of esters is 1. The smallest absolute Gasteiger partial charge is 0.305 e. The molecule has 35 heavy (non-hydrogen) atoms. The Labute approximate surface area is 204 Å². The van der Waals surface area contributed by atoms with Crippen LogP contribution in [0.2, 0.25) is 0 Å². The first-order valence-corrected chi connectivity index (χ1v) is 11.8. The van der Waals surface area contributed by atoms with Gasteiger partial charge in [0.05, 0.1) is 18.3 Å². The predicted octanol–water partition coefficient (Wildman–Crippen LogP) is 5.75. The first-order valence-electron chi connectivity index (χ1n) is 11.8. The van der Waals surface area contributed by atoms with Gasteiger partial charge in [0.1, 0.15) is 11.8 Å². The van der Waals surface area contributed by atoms with Crippen LogP contribution in [0.15, 0.2) is 53.2 Å². The van der Waals surface area contributed by atoms with Crippen molar-refractivity contribution in [3.63, 3.8) is 0 Å². The van der Waals surface area contributed by atoms with Gasteiger partial charge in [-0.05, 0) is 57.0 Å². The first kappa shape index (κ1) is 24.0. The van der Waals surface area contributed by atoms with Crippen molar-refractivity contribution in [2.45, 2.75) is 52.7 Å². The van der Waals surface area contributed by atoms with E-state index < -0.39 is 0 Å². The average Bonchev–Trinajstić information content (AvgIpc) is 3.52. The summed E-state index contributed by atoms with van der Waals surface area (Å²) in [5.41, 5.74) is 2.94. The zero-order chi connectivity index (χ0) is 24.8. The summed E-state index contributed by atoms with van der Waals surface area (Å²) in [6, 6.07) is 15.4. The maximum atomic E-state index is 11.6. The van der Waals surface area contributed by atoms with Crippen LogP contribution in [0, 0.1) is 11.3 Å². The molecule has 0 aliphatic carbocycles. The molecule has 0 N–H and O–H groups in total. The average molecular weight is 473 g/mol. The van der Waals surface area contributed by atoms with E-state index in [2.05, 4.69) is 20.8 Å². The molecule has 4 rings (SSSR count). The summed E-state index contributed by atoms with van der Waals surface area (Å²) in [7, 11) is 0. The molecule has 0 saturated heterocycles. The van der Waals surface area contributed by atoms with Gasteiger partial charge in [-0.3, -0.25) is 4.79 Å². The molecule has 0 saturated carbocycles. The molecule has 0 aliphatic heterocycles. The Morgan fingerprint density at radius 3 is 2.86 bits per heavy atom. The third kappa shape index (κ3) is 5.35. The molecular formula is C27H28N4O4. The van der Waals surface area contributed by atoms with E-state index in [-0.39, 0.29) is 12.1 Å². The lowest BCUT2D eigenvalue weighted by molar-refractivity contribution is -0.143. The molecule has 8 heteroatoms. The number of hydrogen-bond donors (Lipinski definition) is 0. The van der Waals surface area contributed by atoms with Gasteiger partial charge in [-0.15, -0.1) is 0 Å². The van der Waals surface area contributed by atoms with Crippen molar-refractivity contribution in [2.75, 3.05) is 6.61 Å². The summed E-state index contributed by atoms with van der Waals surface area (Å²) in [6.07, 6.45) is 3.93. The zero-order valence-corrected chi connectivity index (χ0v) is 20.2. The Bertz CT molecular complexity index is 1370. The number of aromatic nitrogens is 3. The molecule has 0 fully saturated rings. The van der Waals surface area contributed by atoms with Gasteiger partial charge in [-0.25, -0.2) is 0 Å². The summed E-state index contributed by atoms with van der Waals surface area (Å²) in [5.74, 6) is 1.16. The van der Waals surface area contributed by atoms with Crippen LogP contribution in [0.3, 0.4) is 0 Å². The normalized spacial score (nSPS) is 11.8. The fourth-order valence-electron chi connectivity index (χ4n) is 3.84. The van der Waals surface area contributed by atoms with E-state index in [9.17, 15) is 10.1 Å². The number of aryl methyl sites for hydroxylation is 1. The van der Waals surface area contributed by atoms with Crippen molar-refractivity contribution in [3.8, 4) is 34.7 Å². The molecule has 0 amide bonds. The van der Waals surface area contributed by atoms with E-state index in [0.29, 0.717) is 54.6 Å². The SMILES string of the molecule is CCOC(=O)CCCn1ccc2c(-c3noc(-c4ccc(O[C@@H](C)CC)c(C#N)c4)n3)cccc21. The van der Waals surface area contributed by atoms with Gasteiger partial charge in [0, 0.05) is 41.2 Å². The van der Waals surface area contributed by atoms with E-state index in [1.54, 1.807) is 12.1 Å². The highest BCUT2D eigenvalue weighted by atomic mass is 16.5. The van der Waals surface area contributed by atoms with Crippen LogP contribution in [0.1, 0.15) is 45.6 Å².